The van der Waals surface area contributed by atoms with Gasteiger partial charge in [-0.2, -0.15) is 0 Å². The molecule has 1 heterocycles. The van der Waals surface area contributed by atoms with Crippen molar-refractivity contribution in [3.63, 3.8) is 0 Å². The molecule has 1 aromatic carbocycles. The lowest BCUT2D eigenvalue weighted by molar-refractivity contribution is 0.0896. The summed E-state index contributed by atoms with van der Waals surface area (Å²) in [6.45, 7) is 6.76. The van der Waals surface area contributed by atoms with Gasteiger partial charge in [0.05, 0.1) is 12.2 Å². The first-order valence-corrected chi connectivity index (χ1v) is 6.60. The Morgan fingerprint density at radius 1 is 1.44 bits per heavy atom. The molecular weight excluding hydrogens is 226 g/mol. The minimum atomic E-state index is -0.402. The topological polar surface area (TPSA) is 32.7 Å². The first-order chi connectivity index (χ1) is 8.60. The lowest BCUT2D eigenvalue weighted by atomic mass is 10.0. The maximum atomic E-state index is 10.4. The third kappa shape index (κ3) is 3.10. The fourth-order valence-electron chi connectivity index (χ4n) is 2.62. The minimum absolute atomic E-state index is 0.329. The van der Waals surface area contributed by atoms with Crippen LogP contribution in [0, 0.1) is 13.8 Å². The van der Waals surface area contributed by atoms with Gasteiger partial charge in [-0.05, 0) is 31.4 Å². The Kier molecular flexibility index (Phi) is 4.38. The molecule has 100 valence electrons. The zero-order chi connectivity index (χ0) is 13.1. The number of hydrogen-bond donors (Lipinski definition) is 1. The van der Waals surface area contributed by atoms with Crippen LogP contribution in [-0.4, -0.2) is 42.9 Å². The Morgan fingerprint density at radius 3 is 2.89 bits per heavy atom. The molecule has 18 heavy (non-hydrogen) atoms. The van der Waals surface area contributed by atoms with Crippen LogP contribution in [0.2, 0.25) is 0 Å². The number of hydrogen-bond acceptors (Lipinski definition) is 3. The Hall–Kier alpha value is -0.900. The maximum Gasteiger partial charge on any atom is 0.0919 e. The van der Waals surface area contributed by atoms with E-state index in [4.69, 9.17) is 4.74 Å². The van der Waals surface area contributed by atoms with E-state index in [1.54, 1.807) is 7.11 Å². The van der Waals surface area contributed by atoms with Gasteiger partial charge in [0.25, 0.3) is 0 Å². The van der Waals surface area contributed by atoms with Gasteiger partial charge in [0.2, 0.25) is 0 Å². The van der Waals surface area contributed by atoms with Crippen LogP contribution in [0.25, 0.3) is 0 Å². The molecule has 0 radical (unpaired) electrons. The van der Waals surface area contributed by atoms with E-state index in [0.29, 0.717) is 12.6 Å². The highest BCUT2D eigenvalue weighted by Crippen LogP contribution is 2.22. The monoisotopic (exact) mass is 249 g/mol. The fraction of sp³-hybridized carbons (Fsp3) is 0.600. The van der Waals surface area contributed by atoms with Crippen LogP contribution >= 0.6 is 0 Å². The number of β-amino-alcohol motifs (C(OH)–C–C–N with tert-alkyl or cyclic N) is 1. The molecule has 0 bridgehead atoms. The number of aliphatic hydroxyl groups is 1. The van der Waals surface area contributed by atoms with Crippen molar-refractivity contribution >= 4 is 0 Å². The molecule has 0 amide bonds. The van der Waals surface area contributed by atoms with Gasteiger partial charge in [0.15, 0.2) is 0 Å². The second-order valence-corrected chi connectivity index (χ2v) is 5.28. The summed E-state index contributed by atoms with van der Waals surface area (Å²) in [5.74, 6) is 0. The van der Waals surface area contributed by atoms with Crippen LogP contribution in [-0.2, 0) is 4.74 Å². The predicted molar refractivity (Wildman–Crippen MR) is 72.7 cm³/mol. The van der Waals surface area contributed by atoms with Crippen LogP contribution in [0.15, 0.2) is 18.2 Å². The molecule has 1 fully saturated rings. The zero-order valence-electron chi connectivity index (χ0n) is 11.5. The third-order valence-corrected chi connectivity index (χ3v) is 3.79. The van der Waals surface area contributed by atoms with E-state index >= 15 is 0 Å². The van der Waals surface area contributed by atoms with Gasteiger partial charge in [-0.25, -0.2) is 0 Å². The smallest absolute Gasteiger partial charge is 0.0919 e. The summed E-state index contributed by atoms with van der Waals surface area (Å²) in [4.78, 5) is 2.28. The molecule has 2 rings (SSSR count). The quantitative estimate of drug-likeness (QED) is 0.886. The Morgan fingerprint density at radius 2 is 2.22 bits per heavy atom. The van der Waals surface area contributed by atoms with Gasteiger partial charge in [-0.3, -0.25) is 4.90 Å². The molecule has 1 aromatic rings. The van der Waals surface area contributed by atoms with Gasteiger partial charge in [0, 0.05) is 26.7 Å². The molecule has 0 spiro atoms. The molecular formula is C15H23NO2. The Balaban J connectivity index is 1.99. The van der Waals surface area contributed by atoms with Crippen molar-refractivity contribution in [1.82, 2.24) is 4.90 Å². The van der Waals surface area contributed by atoms with Crippen molar-refractivity contribution in [2.24, 2.45) is 0 Å². The van der Waals surface area contributed by atoms with E-state index in [9.17, 15) is 5.11 Å². The molecule has 0 aliphatic carbocycles. The second-order valence-electron chi connectivity index (χ2n) is 5.28. The number of ether oxygens (including phenoxy) is 1. The zero-order valence-corrected chi connectivity index (χ0v) is 11.5. The van der Waals surface area contributed by atoms with Crippen LogP contribution in [0.3, 0.4) is 0 Å². The summed E-state index contributed by atoms with van der Waals surface area (Å²) in [6, 6.07) is 6.25. The average Bonchev–Trinajstić information content (AvgIpc) is 2.80. The first-order valence-electron chi connectivity index (χ1n) is 6.60. The minimum Gasteiger partial charge on any atom is -0.387 e. The molecule has 3 heteroatoms. The lowest BCUT2D eigenvalue weighted by Crippen LogP contribution is -2.28. The van der Waals surface area contributed by atoms with Crippen molar-refractivity contribution in [3.05, 3.63) is 34.9 Å². The summed E-state index contributed by atoms with van der Waals surface area (Å²) in [7, 11) is 1.76. The third-order valence-electron chi connectivity index (χ3n) is 3.79. The van der Waals surface area contributed by atoms with E-state index in [1.807, 2.05) is 0 Å². The number of nitrogens with zero attached hydrogens (tertiary/aromatic N) is 1. The molecule has 0 aromatic heterocycles. The van der Waals surface area contributed by atoms with Gasteiger partial charge < -0.3 is 9.84 Å². The van der Waals surface area contributed by atoms with Crippen LogP contribution in [0.4, 0.5) is 0 Å². The van der Waals surface area contributed by atoms with Crippen molar-refractivity contribution in [2.45, 2.75) is 32.5 Å². The molecule has 0 saturated carbocycles. The highest BCUT2D eigenvalue weighted by atomic mass is 16.5. The number of benzene rings is 1. The van der Waals surface area contributed by atoms with Crippen molar-refractivity contribution in [2.75, 3.05) is 26.7 Å². The van der Waals surface area contributed by atoms with Crippen molar-refractivity contribution in [3.8, 4) is 0 Å². The first kappa shape index (κ1) is 13.5. The van der Waals surface area contributed by atoms with Gasteiger partial charge in [-0.1, -0.05) is 23.8 Å². The summed E-state index contributed by atoms with van der Waals surface area (Å²) in [6.07, 6.45) is 0.993. The van der Waals surface area contributed by atoms with E-state index in [2.05, 4.69) is 36.9 Å². The summed E-state index contributed by atoms with van der Waals surface area (Å²) < 4.78 is 5.35. The Labute approximate surface area is 109 Å². The normalized spacial score (nSPS) is 22.3. The van der Waals surface area contributed by atoms with Crippen LogP contribution < -0.4 is 0 Å². The summed E-state index contributed by atoms with van der Waals surface area (Å²) >= 11 is 0. The largest absolute Gasteiger partial charge is 0.387 e. The second kappa shape index (κ2) is 5.83. The lowest BCUT2D eigenvalue weighted by Gasteiger charge is -2.21. The van der Waals surface area contributed by atoms with Gasteiger partial charge in [0.1, 0.15) is 0 Å². The van der Waals surface area contributed by atoms with Crippen molar-refractivity contribution < 1.29 is 9.84 Å². The number of aryl methyl sites for hydroxylation is 2. The molecule has 2 unspecified atom stereocenters. The highest BCUT2D eigenvalue weighted by Gasteiger charge is 2.24. The predicted octanol–water partition coefficient (Wildman–Crippen LogP) is 2.06. The number of likely N-dealkylation sites (tertiary alicyclic amines) is 1. The molecule has 2 atom stereocenters. The molecule has 1 N–H and O–H groups in total. The standard InChI is InChI=1S/C15H23NO2/c1-11-4-5-12(2)14(8-11)15(17)10-16-7-6-13(9-16)18-3/h4-5,8,13,15,17H,6-7,9-10H2,1-3H3. The van der Waals surface area contributed by atoms with Crippen LogP contribution in [0.5, 0.6) is 0 Å². The highest BCUT2D eigenvalue weighted by molar-refractivity contribution is 5.32. The number of rotatable bonds is 4. The van der Waals surface area contributed by atoms with Crippen LogP contribution in [0.1, 0.15) is 29.2 Å². The van der Waals surface area contributed by atoms with E-state index in [1.165, 1.54) is 5.56 Å². The van der Waals surface area contributed by atoms with Crippen molar-refractivity contribution in [1.29, 1.82) is 0 Å². The molecule has 1 aliphatic heterocycles. The molecule has 1 saturated heterocycles. The Bertz CT molecular complexity index is 405. The average molecular weight is 249 g/mol. The fourth-order valence-corrected chi connectivity index (χ4v) is 2.62. The number of methoxy groups -OCH3 is 1. The SMILES string of the molecule is COC1CCN(CC(O)c2cc(C)ccc2C)C1. The van der Waals surface area contributed by atoms with E-state index in [0.717, 1.165) is 30.6 Å². The number of aliphatic hydroxyl groups excluding tert-OH is 1. The molecule has 3 nitrogen and oxygen atoms in total. The summed E-state index contributed by atoms with van der Waals surface area (Å²) in [5, 5.41) is 10.4. The van der Waals surface area contributed by atoms with E-state index < -0.39 is 6.10 Å². The maximum absolute atomic E-state index is 10.4. The van der Waals surface area contributed by atoms with Gasteiger partial charge in [-0.15, -0.1) is 0 Å². The van der Waals surface area contributed by atoms with Gasteiger partial charge >= 0.3 is 0 Å². The summed E-state index contributed by atoms with van der Waals surface area (Å²) in [5.41, 5.74) is 3.41. The van der Waals surface area contributed by atoms with E-state index in [-0.39, 0.29) is 0 Å². The molecule has 1 aliphatic rings.